The van der Waals surface area contributed by atoms with Crippen LogP contribution in [0.25, 0.3) is 32.9 Å². The van der Waals surface area contributed by atoms with Gasteiger partial charge < -0.3 is 25.3 Å². The van der Waals surface area contributed by atoms with E-state index >= 15 is 4.39 Å². The van der Waals surface area contributed by atoms with E-state index in [1.54, 1.807) is 23.1 Å². The predicted octanol–water partition coefficient (Wildman–Crippen LogP) is 4.56. The van der Waals surface area contributed by atoms with Crippen molar-refractivity contribution in [3.05, 3.63) is 46.7 Å². The van der Waals surface area contributed by atoms with Crippen LogP contribution in [0.2, 0.25) is 10.0 Å². The molecule has 4 aromatic rings. The molecule has 2 atom stereocenters. The zero-order valence-electron chi connectivity index (χ0n) is 23.8. The average Bonchev–Trinajstić information content (AvgIpc) is 3.30. The zero-order chi connectivity index (χ0) is 30.0. The van der Waals surface area contributed by atoms with Crippen molar-refractivity contribution in [2.45, 2.75) is 32.0 Å². The summed E-state index contributed by atoms with van der Waals surface area (Å²) in [6.07, 6.45) is 1.33. The van der Waals surface area contributed by atoms with Gasteiger partial charge in [0.25, 0.3) is 0 Å². The molecule has 0 saturated carbocycles. The van der Waals surface area contributed by atoms with Crippen LogP contribution < -0.4 is 15.5 Å². The number of fused-ring (bicyclic) bond motifs is 2. The van der Waals surface area contributed by atoms with E-state index in [1.807, 2.05) is 32.8 Å². The summed E-state index contributed by atoms with van der Waals surface area (Å²) in [4.78, 5) is 30.3. The van der Waals surface area contributed by atoms with E-state index in [1.165, 1.54) is 6.08 Å². The number of likely N-dealkylation sites (N-methyl/N-ethyl adjacent to an activating group) is 1. The summed E-state index contributed by atoms with van der Waals surface area (Å²) in [6.45, 7) is 10.0. The molecule has 3 N–H and O–H groups in total. The van der Waals surface area contributed by atoms with Gasteiger partial charge in [-0.15, -0.1) is 0 Å². The molecule has 0 aliphatic carbocycles. The Hall–Kier alpha value is -3.67. The van der Waals surface area contributed by atoms with Crippen LogP contribution in [-0.2, 0) is 4.79 Å². The van der Waals surface area contributed by atoms with Crippen molar-refractivity contribution in [1.29, 1.82) is 0 Å². The topological polar surface area (TPSA) is 111 Å². The molecular formula is C29H32Cl2FN9O. The van der Waals surface area contributed by atoms with Gasteiger partial charge in [-0.25, -0.2) is 9.37 Å². The molecule has 42 heavy (non-hydrogen) atoms. The van der Waals surface area contributed by atoms with E-state index in [0.29, 0.717) is 65.8 Å². The highest BCUT2D eigenvalue weighted by Crippen LogP contribution is 2.45. The lowest BCUT2D eigenvalue weighted by molar-refractivity contribution is -0.128. The Kier molecular flexibility index (Phi) is 7.15. The molecule has 2 aliphatic heterocycles. The zero-order valence-corrected chi connectivity index (χ0v) is 25.3. The first-order chi connectivity index (χ1) is 20.0. The van der Waals surface area contributed by atoms with E-state index in [9.17, 15) is 4.79 Å². The van der Waals surface area contributed by atoms with Gasteiger partial charge in [-0.3, -0.25) is 9.89 Å². The molecule has 1 amide bonds. The maximum absolute atomic E-state index is 16.9. The SMILES string of the molecule is C=CC(=O)N1C[C@H](C)N(c2nc(N3CC(N(C)C)C3)nc3c(F)c(-c4c(Cl)ccc5[nH]nc(N)c45)c(Cl)cc23)C[C@H]1C. The number of nitrogen functional groups attached to an aromatic ring is 1. The minimum absolute atomic E-state index is 0.0982. The molecule has 10 nitrogen and oxygen atoms in total. The van der Waals surface area contributed by atoms with Gasteiger partial charge in [0, 0.05) is 65.8 Å². The molecule has 0 radical (unpaired) electrons. The van der Waals surface area contributed by atoms with Gasteiger partial charge in [-0.1, -0.05) is 29.8 Å². The molecular weight excluding hydrogens is 580 g/mol. The van der Waals surface area contributed by atoms with Gasteiger partial charge in [-0.2, -0.15) is 10.1 Å². The highest BCUT2D eigenvalue weighted by atomic mass is 35.5. The van der Waals surface area contributed by atoms with E-state index in [2.05, 4.69) is 26.6 Å². The van der Waals surface area contributed by atoms with Crippen LogP contribution in [0, 0.1) is 5.82 Å². The number of carbonyl (C=O) groups is 1. The van der Waals surface area contributed by atoms with Crippen LogP contribution in [0.15, 0.2) is 30.9 Å². The van der Waals surface area contributed by atoms with Gasteiger partial charge in [0.15, 0.2) is 11.6 Å². The number of aromatic amines is 1. The number of piperazine rings is 1. The number of rotatable bonds is 5. The molecule has 2 aromatic heterocycles. The standard InChI is InChI=1S/C29H32Cl2FN9O/c1-6-21(42)40-10-15(3)41(11-14(40)2)28-17-9-19(31)23(22-18(30)7-8-20-24(22)27(33)37-36-20)25(32)26(17)34-29(35-28)39-12-16(13-39)38(4)5/h6-9,14-16H,1,10-13H2,2-5H3,(H3,33,36,37)/t14-,15+/m1/s1. The summed E-state index contributed by atoms with van der Waals surface area (Å²) in [5.74, 6) is 0.434. The van der Waals surface area contributed by atoms with E-state index in [0.717, 1.165) is 0 Å². The van der Waals surface area contributed by atoms with Gasteiger partial charge in [0.1, 0.15) is 11.3 Å². The Labute approximate surface area is 252 Å². The Balaban J connectivity index is 1.55. The average molecular weight is 613 g/mol. The van der Waals surface area contributed by atoms with Crippen molar-refractivity contribution in [2.24, 2.45) is 0 Å². The first-order valence-corrected chi connectivity index (χ1v) is 14.5. The first-order valence-electron chi connectivity index (χ1n) is 13.7. The molecule has 2 saturated heterocycles. The normalized spacial score (nSPS) is 19.7. The van der Waals surface area contributed by atoms with Crippen molar-refractivity contribution < 1.29 is 9.18 Å². The second-order valence-corrected chi connectivity index (χ2v) is 12.1. The number of hydrogen-bond donors (Lipinski definition) is 2. The lowest BCUT2D eigenvalue weighted by atomic mass is 9.98. The predicted molar refractivity (Wildman–Crippen MR) is 167 cm³/mol. The van der Waals surface area contributed by atoms with Crippen LogP contribution in [0.3, 0.4) is 0 Å². The number of halogens is 3. The van der Waals surface area contributed by atoms with E-state index in [4.69, 9.17) is 38.9 Å². The quantitative estimate of drug-likeness (QED) is 0.316. The number of nitrogens with two attached hydrogens (primary N) is 1. The molecule has 2 fully saturated rings. The van der Waals surface area contributed by atoms with Crippen molar-refractivity contribution in [3.63, 3.8) is 0 Å². The fraction of sp³-hybridized carbons (Fsp3) is 0.379. The number of nitrogens with one attached hydrogen (secondary N) is 1. The fourth-order valence-corrected chi connectivity index (χ4v) is 6.44. The summed E-state index contributed by atoms with van der Waals surface area (Å²) < 4.78 is 16.9. The molecule has 13 heteroatoms. The summed E-state index contributed by atoms with van der Waals surface area (Å²) in [6, 6.07) is 5.19. The maximum Gasteiger partial charge on any atom is 0.246 e. The van der Waals surface area contributed by atoms with Crippen molar-refractivity contribution in [3.8, 4) is 11.1 Å². The largest absolute Gasteiger partial charge is 0.382 e. The van der Waals surface area contributed by atoms with Crippen molar-refractivity contribution in [1.82, 2.24) is 30.0 Å². The summed E-state index contributed by atoms with van der Waals surface area (Å²) in [5, 5.41) is 8.33. The van der Waals surface area contributed by atoms with Crippen molar-refractivity contribution >= 4 is 68.5 Å². The lowest BCUT2D eigenvalue weighted by Gasteiger charge is -2.45. The van der Waals surface area contributed by atoms with Gasteiger partial charge >= 0.3 is 0 Å². The first kappa shape index (κ1) is 28.4. The molecule has 6 rings (SSSR count). The molecule has 0 unspecified atom stereocenters. The highest BCUT2D eigenvalue weighted by Gasteiger charge is 2.36. The summed E-state index contributed by atoms with van der Waals surface area (Å²) in [7, 11) is 4.06. The maximum atomic E-state index is 16.9. The molecule has 0 spiro atoms. The summed E-state index contributed by atoms with van der Waals surface area (Å²) >= 11 is 13.5. The van der Waals surface area contributed by atoms with Crippen LogP contribution in [0.1, 0.15) is 13.8 Å². The minimum Gasteiger partial charge on any atom is -0.382 e. The number of amides is 1. The van der Waals surface area contributed by atoms with Crippen LogP contribution in [-0.4, -0.2) is 94.3 Å². The van der Waals surface area contributed by atoms with E-state index < -0.39 is 5.82 Å². The fourth-order valence-electron chi connectivity index (χ4n) is 5.91. The smallest absolute Gasteiger partial charge is 0.246 e. The van der Waals surface area contributed by atoms with Crippen LogP contribution in [0.5, 0.6) is 0 Å². The lowest BCUT2D eigenvalue weighted by Crippen LogP contribution is -2.59. The molecule has 2 aromatic carbocycles. The van der Waals surface area contributed by atoms with Gasteiger partial charge in [-0.05, 0) is 52.2 Å². The molecule has 220 valence electrons. The molecule has 0 bridgehead atoms. The Morgan fingerprint density at radius 2 is 1.86 bits per heavy atom. The van der Waals surface area contributed by atoms with Gasteiger partial charge in [0.2, 0.25) is 11.9 Å². The number of carbonyl (C=O) groups excluding carboxylic acids is 1. The summed E-state index contributed by atoms with van der Waals surface area (Å²) in [5.41, 5.74) is 7.35. The van der Waals surface area contributed by atoms with E-state index in [-0.39, 0.29) is 44.9 Å². The minimum atomic E-state index is -0.622. The second kappa shape index (κ2) is 10.6. The third-order valence-corrected chi connectivity index (χ3v) is 9.01. The third-order valence-electron chi connectivity index (χ3n) is 8.40. The van der Waals surface area contributed by atoms with Gasteiger partial charge in [0.05, 0.1) is 15.9 Å². The van der Waals surface area contributed by atoms with Crippen LogP contribution >= 0.6 is 23.2 Å². The third kappa shape index (κ3) is 4.50. The van der Waals surface area contributed by atoms with Crippen LogP contribution in [0.4, 0.5) is 22.0 Å². The Bertz CT molecular complexity index is 1740. The number of benzene rings is 2. The second-order valence-electron chi connectivity index (χ2n) is 11.3. The highest BCUT2D eigenvalue weighted by molar-refractivity contribution is 6.39. The number of H-pyrrole nitrogens is 1. The number of anilines is 3. The monoisotopic (exact) mass is 611 g/mol. The Morgan fingerprint density at radius 1 is 1.12 bits per heavy atom. The number of nitrogens with zero attached hydrogens (tertiary/aromatic N) is 7. The van der Waals surface area contributed by atoms with Crippen molar-refractivity contribution in [2.75, 3.05) is 55.8 Å². The number of aromatic nitrogens is 4. The molecule has 2 aliphatic rings. The number of hydrogen-bond acceptors (Lipinski definition) is 8. The Morgan fingerprint density at radius 3 is 2.55 bits per heavy atom. The molecule has 4 heterocycles.